The van der Waals surface area contributed by atoms with Crippen molar-refractivity contribution in [3.05, 3.63) is 12.7 Å². The van der Waals surface area contributed by atoms with Crippen molar-refractivity contribution in [2.45, 2.75) is 38.2 Å². The van der Waals surface area contributed by atoms with Gasteiger partial charge in [-0.15, -0.1) is 6.58 Å². The van der Waals surface area contributed by atoms with Crippen LogP contribution in [0, 0.1) is 5.92 Å². The highest BCUT2D eigenvalue weighted by atomic mass is 16.3. The van der Waals surface area contributed by atoms with Crippen LogP contribution in [0.25, 0.3) is 0 Å². The maximum absolute atomic E-state index is 9.48. The number of hydrogen-bond donors (Lipinski definition) is 1. The maximum Gasteiger partial charge on any atom is 0.0602 e. The molecule has 0 heterocycles. The number of rotatable bonds is 1. The van der Waals surface area contributed by atoms with Gasteiger partial charge < -0.3 is 5.11 Å². The number of aliphatic hydroxyl groups is 1. The lowest BCUT2D eigenvalue weighted by Gasteiger charge is -2.14. The first-order chi connectivity index (χ1) is 4.84. The minimum absolute atomic E-state index is 0.111. The summed E-state index contributed by atoms with van der Waals surface area (Å²) < 4.78 is 0. The van der Waals surface area contributed by atoms with E-state index in [9.17, 15) is 5.11 Å². The van der Waals surface area contributed by atoms with Crippen LogP contribution in [0.5, 0.6) is 0 Å². The first-order valence-electron chi connectivity index (χ1n) is 4.15. The van der Waals surface area contributed by atoms with Crippen LogP contribution in [0.4, 0.5) is 0 Å². The minimum atomic E-state index is -0.111. The zero-order valence-corrected chi connectivity index (χ0v) is 6.42. The van der Waals surface area contributed by atoms with Crippen molar-refractivity contribution in [1.82, 2.24) is 0 Å². The molecular weight excluding hydrogens is 124 g/mol. The van der Waals surface area contributed by atoms with Gasteiger partial charge in [0.05, 0.1) is 6.10 Å². The van der Waals surface area contributed by atoms with Crippen molar-refractivity contribution in [3.8, 4) is 0 Å². The van der Waals surface area contributed by atoms with Crippen LogP contribution in [0.2, 0.25) is 0 Å². The Hall–Kier alpha value is -0.300. The fourth-order valence-corrected chi connectivity index (χ4v) is 1.59. The molecule has 58 valence electrons. The van der Waals surface area contributed by atoms with E-state index in [1.165, 1.54) is 19.3 Å². The second-order valence-electron chi connectivity index (χ2n) is 3.10. The lowest BCUT2D eigenvalue weighted by molar-refractivity contribution is 0.123. The van der Waals surface area contributed by atoms with Gasteiger partial charge in [-0.05, 0) is 12.8 Å². The SMILES string of the molecule is C=CC1CCCCCC1O. The first-order valence-corrected chi connectivity index (χ1v) is 4.15. The lowest BCUT2D eigenvalue weighted by atomic mass is 9.98. The molecular formula is C9H16O. The van der Waals surface area contributed by atoms with E-state index >= 15 is 0 Å². The summed E-state index contributed by atoms with van der Waals surface area (Å²) in [5.74, 6) is 0.363. The Balaban J connectivity index is 2.43. The molecule has 0 saturated heterocycles. The Kier molecular flexibility index (Phi) is 2.94. The second-order valence-corrected chi connectivity index (χ2v) is 3.10. The molecule has 1 heteroatoms. The molecule has 2 unspecified atom stereocenters. The molecule has 1 saturated carbocycles. The monoisotopic (exact) mass is 140 g/mol. The van der Waals surface area contributed by atoms with Crippen molar-refractivity contribution in [1.29, 1.82) is 0 Å². The molecule has 1 aliphatic carbocycles. The average molecular weight is 140 g/mol. The predicted molar refractivity (Wildman–Crippen MR) is 42.8 cm³/mol. The average Bonchev–Trinajstić information content (AvgIpc) is 2.13. The summed E-state index contributed by atoms with van der Waals surface area (Å²) in [4.78, 5) is 0. The Morgan fingerprint density at radius 1 is 1.20 bits per heavy atom. The summed E-state index contributed by atoms with van der Waals surface area (Å²) in [7, 11) is 0. The summed E-state index contributed by atoms with van der Waals surface area (Å²) in [5.41, 5.74) is 0. The molecule has 0 aromatic carbocycles. The van der Waals surface area contributed by atoms with Gasteiger partial charge in [0, 0.05) is 5.92 Å². The van der Waals surface area contributed by atoms with Gasteiger partial charge in [0.2, 0.25) is 0 Å². The van der Waals surface area contributed by atoms with Gasteiger partial charge in [-0.1, -0.05) is 25.3 Å². The Bertz CT molecular complexity index is 109. The summed E-state index contributed by atoms with van der Waals surface area (Å²) in [6, 6.07) is 0. The molecule has 2 atom stereocenters. The van der Waals surface area contributed by atoms with Crippen LogP contribution >= 0.6 is 0 Å². The van der Waals surface area contributed by atoms with E-state index in [1.54, 1.807) is 0 Å². The zero-order chi connectivity index (χ0) is 7.40. The predicted octanol–water partition coefficient (Wildman–Crippen LogP) is 2.11. The Morgan fingerprint density at radius 3 is 2.60 bits per heavy atom. The van der Waals surface area contributed by atoms with E-state index in [-0.39, 0.29) is 6.10 Å². The lowest BCUT2D eigenvalue weighted by Crippen LogP contribution is -2.15. The molecule has 10 heavy (non-hydrogen) atoms. The van der Waals surface area contributed by atoms with Crippen LogP contribution in [0.1, 0.15) is 32.1 Å². The zero-order valence-electron chi connectivity index (χ0n) is 6.42. The van der Waals surface area contributed by atoms with Gasteiger partial charge in [0.15, 0.2) is 0 Å². The van der Waals surface area contributed by atoms with Crippen molar-refractivity contribution in [3.63, 3.8) is 0 Å². The topological polar surface area (TPSA) is 20.2 Å². The number of hydrogen-bond acceptors (Lipinski definition) is 1. The van der Waals surface area contributed by atoms with Gasteiger partial charge >= 0.3 is 0 Å². The molecule has 0 aliphatic heterocycles. The molecule has 0 radical (unpaired) electrons. The van der Waals surface area contributed by atoms with Crippen LogP contribution in [0.3, 0.4) is 0 Å². The van der Waals surface area contributed by atoms with E-state index in [4.69, 9.17) is 0 Å². The van der Waals surface area contributed by atoms with Gasteiger partial charge in [-0.25, -0.2) is 0 Å². The third-order valence-corrected chi connectivity index (χ3v) is 2.33. The summed E-state index contributed by atoms with van der Waals surface area (Å²) >= 11 is 0. The molecule has 1 rings (SSSR count). The van der Waals surface area contributed by atoms with Crippen molar-refractivity contribution in [2.24, 2.45) is 5.92 Å². The molecule has 1 N–H and O–H groups in total. The standard InChI is InChI=1S/C9H16O/c1-2-8-6-4-3-5-7-9(8)10/h2,8-10H,1,3-7H2. The van der Waals surface area contributed by atoms with Crippen LogP contribution in [-0.4, -0.2) is 11.2 Å². The van der Waals surface area contributed by atoms with Gasteiger partial charge in [-0.2, -0.15) is 0 Å². The molecule has 0 bridgehead atoms. The van der Waals surface area contributed by atoms with Gasteiger partial charge in [0.25, 0.3) is 0 Å². The smallest absolute Gasteiger partial charge is 0.0602 e. The third kappa shape index (κ3) is 1.84. The molecule has 1 fully saturated rings. The minimum Gasteiger partial charge on any atom is -0.393 e. The molecule has 0 aromatic heterocycles. The molecule has 1 aliphatic rings. The van der Waals surface area contributed by atoms with Crippen molar-refractivity contribution < 1.29 is 5.11 Å². The highest BCUT2D eigenvalue weighted by molar-refractivity contribution is 4.86. The fourth-order valence-electron chi connectivity index (χ4n) is 1.59. The van der Waals surface area contributed by atoms with E-state index < -0.39 is 0 Å². The van der Waals surface area contributed by atoms with Crippen LogP contribution < -0.4 is 0 Å². The quantitative estimate of drug-likeness (QED) is 0.437. The molecule has 0 aromatic rings. The molecule has 1 nitrogen and oxygen atoms in total. The van der Waals surface area contributed by atoms with Gasteiger partial charge in [0.1, 0.15) is 0 Å². The van der Waals surface area contributed by atoms with E-state index in [2.05, 4.69) is 6.58 Å². The third-order valence-electron chi connectivity index (χ3n) is 2.33. The maximum atomic E-state index is 9.48. The summed E-state index contributed by atoms with van der Waals surface area (Å²) in [5, 5.41) is 9.48. The molecule has 0 amide bonds. The summed E-state index contributed by atoms with van der Waals surface area (Å²) in [6.07, 6.45) is 7.61. The second kappa shape index (κ2) is 3.77. The fraction of sp³-hybridized carbons (Fsp3) is 0.778. The first kappa shape index (κ1) is 7.80. The Labute approximate surface area is 62.8 Å². The van der Waals surface area contributed by atoms with Crippen molar-refractivity contribution >= 4 is 0 Å². The Morgan fingerprint density at radius 2 is 1.90 bits per heavy atom. The van der Waals surface area contributed by atoms with E-state index in [1.807, 2.05) is 6.08 Å². The highest BCUT2D eigenvalue weighted by Gasteiger charge is 2.17. The normalized spacial score (nSPS) is 34.9. The van der Waals surface area contributed by atoms with E-state index in [0.717, 1.165) is 12.8 Å². The number of aliphatic hydroxyl groups excluding tert-OH is 1. The highest BCUT2D eigenvalue weighted by Crippen LogP contribution is 2.23. The van der Waals surface area contributed by atoms with Crippen LogP contribution in [-0.2, 0) is 0 Å². The van der Waals surface area contributed by atoms with Crippen LogP contribution in [0.15, 0.2) is 12.7 Å². The largest absolute Gasteiger partial charge is 0.393 e. The van der Waals surface area contributed by atoms with E-state index in [0.29, 0.717) is 5.92 Å². The summed E-state index contributed by atoms with van der Waals surface area (Å²) in [6.45, 7) is 3.72. The van der Waals surface area contributed by atoms with Crippen molar-refractivity contribution in [2.75, 3.05) is 0 Å². The van der Waals surface area contributed by atoms with Gasteiger partial charge in [-0.3, -0.25) is 0 Å². The molecule has 0 spiro atoms.